The smallest absolute Gasteiger partial charge is 0.196 e. The van der Waals surface area contributed by atoms with E-state index < -0.39 is 0 Å². The highest BCUT2D eigenvalue weighted by Gasteiger charge is 2.16. The Hall–Kier alpha value is -2.27. The zero-order valence-electron chi connectivity index (χ0n) is 15.1. The van der Waals surface area contributed by atoms with E-state index in [0.29, 0.717) is 5.02 Å². The van der Waals surface area contributed by atoms with Crippen LogP contribution in [0.2, 0.25) is 10.0 Å². The van der Waals surface area contributed by atoms with E-state index in [-0.39, 0.29) is 0 Å². The van der Waals surface area contributed by atoms with Crippen molar-refractivity contribution in [2.24, 2.45) is 0 Å². The van der Waals surface area contributed by atoms with Crippen LogP contribution in [0.25, 0.3) is 17.1 Å². The van der Waals surface area contributed by atoms with Crippen molar-refractivity contribution in [2.75, 3.05) is 0 Å². The molecule has 0 bridgehead atoms. The molecule has 0 fully saturated rings. The first-order valence-corrected chi connectivity index (χ1v) is 10.5. The molecule has 1 aromatic heterocycles. The number of benzene rings is 3. The fourth-order valence-electron chi connectivity index (χ4n) is 2.85. The quantitative estimate of drug-likeness (QED) is 0.327. The topological polar surface area (TPSA) is 30.7 Å². The summed E-state index contributed by atoms with van der Waals surface area (Å²) in [4.78, 5) is 0. The third kappa shape index (κ3) is 4.25. The van der Waals surface area contributed by atoms with E-state index in [2.05, 4.69) is 52.0 Å². The van der Waals surface area contributed by atoms with E-state index in [9.17, 15) is 0 Å². The third-order valence-electron chi connectivity index (χ3n) is 4.28. The molecule has 4 rings (SSSR count). The number of hydrogen-bond donors (Lipinski definition) is 0. The summed E-state index contributed by atoms with van der Waals surface area (Å²) in [6.07, 6.45) is 0. The van der Waals surface area contributed by atoms with Gasteiger partial charge in [-0.3, -0.25) is 4.57 Å². The highest BCUT2D eigenvalue weighted by atomic mass is 35.5. The molecule has 0 radical (unpaired) electrons. The van der Waals surface area contributed by atoms with Crippen LogP contribution in [0.5, 0.6) is 0 Å². The molecule has 0 amide bonds. The van der Waals surface area contributed by atoms with Crippen LogP contribution in [0.4, 0.5) is 0 Å². The first-order valence-electron chi connectivity index (χ1n) is 8.76. The van der Waals surface area contributed by atoms with Crippen molar-refractivity contribution < 1.29 is 0 Å². The van der Waals surface area contributed by atoms with Crippen LogP contribution in [0, 0.1) is 6.92 Å². The van der Waals surface area contributed by atoms with Gasteiger partial charge in [-0.15, -0.1) is 10.2 Å². The number of rotatable bonds is 5. The number of halogens is 2. The fourth-order valence-corrected chi connectivity index (χ4v) is 4.08. The number of aryl methyl sites for hydroxylation is 1. The maximum Gasteiger partial charge on any atom is 0.196 e. The molecule has 0 unspecified atom stereocenters. The zero-order chi connectivity index (χ0) is 19.5. The Kier molecular flexibility index (Phi) is 5.72. The Morgan fingerprint density at radius 3 is 2.32 bits per heavy atom. The lowest BCUT2D eigenvalue weighted by atomic mass is 10.2. The van der Waals surface area contributed by atoms with E-state index in [1.54, 1.807) is 11.8 Å². The molecular formula is C22H17Cl2N3S. The fraction of sp³-hybridized carbons (Fsp3) is 0.0909. The van der Waals surface area contributed by atoms with Crippen LogP contribution in [-0.4, -0.2) is 14.8 Å². The molecule has 0 aliphatic heterocycles. The van der Waals surface area contributed by atoms with Gasteiger partial charge in [0.1, 0.15) is 0 Å². The molecule has 3 nitrogen and oxygen atoms in total. The van der Waals surface area contributed by atoms with Crippen LogP contribution in [0.3, 0.4) is 0 Å². The van der Waals surface area contributed by atoms with Crippen LogP contribution < -0.4 is 0 Å². The van der Waals surface area contributed by atoms with Gasteiger partial charge in [-0.25, -0.2) is 0 Å². The van der Waals surface area contributed by atoms with Crippen molar-refractivity contribution in [1.82, 2.24) is 14.8 Å². The van der Waals surface area contributed by atoms with Gasteiger partial charge in [-0.2, -0.15) is 0 Å². The second kappa shape index (κ2) is 8.39. The van der Waals surface area contributed by atoms with Gasteiger partial charge in [0.25, 0.3) is 0 Å². The Morgan fingerprint density at radius 2 is 1.61 bits per heavy atom. The summed E-state index contributed by atoms with van der Waals surface area (Å²) in [7, 11) is 0. The SMILES string of the molecule is Cc1ccc(-n2c(SCc3cccc(Cl)c3)nnc2-c2ccc(Cl)cc2)cc1. The van der Waals surface area contributed by atoms with Crippen molar-refractivity contribution in [2.45, 2.75) is 17.8 Å². The van der Waals surface area contributed by atoms with Gasteiger partial charge in [0.15, 0.2) is 11.0 Å². The number of hydrogen-bond acceptors (Lipinski definition) is 3. The lowest BCUT2D eigenvalue weighted by molar-refractivity contribution is 0.885. The summed E-state index contributed by atoms with van der Waals surface area (Å²) < 4.78 is 2.08. The number of nitrogens with zero attached hydrogens (tertiary/aromatic N) is 3. The van der Waals surface area contributed by atoms with Gasteiger partial charge in [0.05, 0.1) is 0 Å². The van der Waals surface area contributed by atoms with Crippen molar-refractivity contribution >= 4 is 35.0 Å². The summed E-state index contributed by atoms with van der Waals surface area (Å²) in [5.74, 6) is 1.54. The van der Waals surface area contributed by atoms with Gasteiger partial charge < -0.3 is 0 Å². The summed E-state index contributed by atoms with van der Waals surface area (Å²) in [5.41, 5.74) is 4.34. The second-order valence-corrected chi connectivity index (χ2v) is 8.22. The lowest BCUT2D eigenvalue weighted by Crippen LogP contribution is -2.00. The zero-order valence-corrected chi connectivity index (χ0v) is 17.5. The number of aromatic nitrogens is 3. The monoisotopic (exact) mass is 425 g/mol. The van der Waals surface area contributed by atoms with Crippen molar-refractivity contribution in [3.05, 3.63) is 94.0 Å². The first kappa shape index (κ1) is 19.1. The minimum atomic E-state index is 0.695. The Labute approximate surface area is 178 Å². The molecule has 0 saturated carbocycles. The Morgan fingerprint density at radius 1 is 0.857 bits per heavy atom. The highest BCUT2D eigenvalue weighted by Crippen LogP contribution is 2.30. The molecular weight excluding hydrogens is 409 g/mol. The van der Waals surface area contributed by atoms with Crippen molar-refractivity contribution in [1.29, 1.82) is 0 Å². The van der Waals surface area contributed by atoms with Gasteiger partial charge in [0.2, 0.25) is 0 Å². The van der Waals surface area contributed by atoms with Gasteiger partial charge in [0, 0.05) is 27.0 Å². The van der Waals surface area contributed by atoms with E-state index in [0.717, 1.165) is 38.6 Å². The molecule has 0 atom stereocenters. The van der Waals surface area contributed by atoms with Gasteiger partial charge in [-0.1, -0.05) is 64.8 Å². The normalized spacial score (nSPS) is 11.0. The average molecular weight is 426 g/mol. The van der Waals surface area contributed by atoms with E-state index >= 15 is 0 Å². The van der Waals surface area contributed by atoms with Crippen LogP contribution >= 0.6 is 35.0 Å². The number of thioether (sulfide) groups is 1. The molecule has 0 saturated heterocycles. The van der Waals surface area contributed by atoms with E-state index in [4.69, 9.17) is 23.2 Å². The van der Waals surface area contributed by atoms with Crippen LogP contribution in [-0.2, 0) is 5.75 Å². The largest absolute Gasteiger partial charge is 0.270 e. The molecule has 0 N–H and O–H groups in total. The molecule has 28 heavy (non-hydrogen) atoms. The van der Waals surface area contributed by atoms with Gasteiger partial charge in [-0.05, 0) is 61.0 Å². The average Bonchev–Trinajstić information content (AvgIpc) is 3.11. The highest BCUT2D eigenvalue weighted by molar-refractivity contribution is 7.98. The molecule has 140 valence electrons. The summed E-state index contributed by atoms with van der Waals surface area (Å²) in [5, 5.41) is 11.2. The molecule has 3 aromatic carbocycles. The predicted octanol–water partition coefficient (Wildman–Crippen LogP) is 6.84. The molecule has 6 heteroatoms. The Balaban J connectivity index is 1.73. The van der Waals surface area contributed by atoms with Crippen LogP contribution in [0.15, 0.2) is 78.0 Å². The molecule has 0 aliphatic rings. The van der Waals surface area contributed by atoms with Crippen molar-refractivity contribution in [3.8, 4) is 17.1 Å². The maximum atomic E-state index is 6.11. The maximum absolute atomic E-state index is 6.11. The minimum Gasteiger partial charge on any atom is -0.270 e. The first-order chi connectivity index (χ1) is 13.6. The molecule has 1 heterocycles. The third-order valence-corrected chi connectivity index (χ3v) is 5.77. The van der Waals surface area contributed by atoms with E-state index in [1.807, 2.05) is 42.5 Å². The summed E-state index contributed by atoms with van der Waals surface area (Å²) >= 11 is 13.8. The molecule has 0 aliphatic carbocycles. The minimum absolute atomic E-state index is 0.695. The second-order valence-electron chi connectivity index (χ2n) is 6.40. The van der Waals surface area contributed by atoms with Gasteiger partial charge >= 0.3 is 0 Å². The van der Waals surface area contributed by atoms with E-state index in [1.165, 1.54) is 5.56 Å². The summed E-state index contributed by atoms with van der Waals surface area (Å²) in [6, 6.07) is 23.9. The Bertz CT molecular complexity index is 1090. The predicted molar refractivity (Wildman–Crippen MR) is 118 cm³/mol. The van der Waals surface area contributed by atoms with Crippen LogP contribution in [0.1, 0.15) is 11.1 Å². The summed E-state index contributed by atoms with van der Waals surface area (Å²) in [6.45, 7) is 2.07. The lowest BCUT2D eigenvalue weighted by Gasteiger charge is -2.11. The molecule has 0 spiro atoms. The molecule has 4 aromatic rings. The van der Waals surface area contributed by atoms with Crippen molar-refractivity contribution in [3.63, 3.8) is 0 Å². The standard InChI is InChI=1S/C22H17Cl2N3S/c1-15-5-11-20(12-6-15)27-21(17-7-9-18(23)10-8-17)25-26-22(27)28-14-16-3-2-4-19(24)13-16/h2-13H,14H2,1H3.